The second kappa shape index (κ2) is 7.47. The molecule has 1 heterocycles. The monoisotopic (exact) mass is 391 g/mol. The molecule has 0 aromatic heterocycles. The van der Waals surface area contributed by atoms with E-state index in [1.165, 1.54) is 0 Å². The molecule has 3 rings (SSSR count). The van der Waals surface area contributed by atoms with E-state index in [-0.39, 0.29) is 17.3 Å². The number of hydrogen-bond donors (Lipinski definition) is 2. The number of nitrogens with zero attached hydrogens (tertiary/aromatic N) is 1. The van der Waals surface area contributed by atoms with Crippen molar-refractivity contribution in [2.45, 2.75) is 11.7 Å². The van der Waals surface area contributed by atoms with E-state index in [9.17, 15) is 13.2 Å². The summed E-state index contributed by atoms with van der Waals surface area (Å²) in [4.78, 5) is 12.2. The van der Waals surface area contributed by atoms with E-state index in [1.54, 1.807) is 48.5 Å². The number of amides is 1. The summed E-state index contributed by atoms with van der Waals surface area (Å²) in [6, 6.07) is 15.7. The van der Waals surface area contributed by atoms with Crippen LogP contribution in [0, 0.1) is 5.92 Å². The molecular weight excluding hydrogens is 374 g/mol. The van der Waals surface area contributed by atoms with Crippen LogP contribution in [0.2, 0.25) is 5.02 Å². The number of sulfone groups is 1. The van der Waals surface area contributed by atoms with Gasteiger partial charge in [-0.1, -0.05) is 54.1 Å². The number of hydrogen-bond acceptors (Lipinski definition) is 5. The van der Waals surface area contributed by atoms with Crippen molar-refractivity contribution in [2.75, 3.05) is 5.75 Å². The molecule has 0 spiro atoms. The third kappa shape index (κ3) is 4.23. The van der Waals surface area contributed by atoms with E-state index in [0.29, 0.717) is 10.6 Å². The van der Waals surface area contributed by atoms with Gasteiger partial charge >= 0.3 is 0 Å². The third-order valence-corrected chi connectivity index (χ3v) is 6.15. The Hall–Kier alpha value is -2.38. The summed E-state index contributed by atoms with van der Waals surface area (Å²) in [5.41, 5.74) is 9.55. The van der Waals surface area contributed by atoms with E-state index < -0.39 is 27.6 Å². The van der Waals surface area contributed by atoms with Gasteiger partial charge in [-0.05, 0) is 23.3 Å². The van der Waals surface area contributed by atoms with Gasteiger partial charge in [0.2, 0.25) is 0 Å². The first-order valence-electron chi connectivity index (χ1n) is 7.98. The predicted molar refractivity (Wildman–Crippen MR) is 101 cm³/mol. The van der Waals surface area contributed by atoms with Gasteiger partial charge in [-0.2, -0.15) is 5.10 Å². The number of nitrogens with one attached hydrogen (secondary N) is 1. The highest BCUT2D eigenvalue weighted by molar-refractivity contribution is 7.90. The summed E-state index contributed by atoms with van der Waals surface area (Å²) in [5, 5.41) is 4.30. The maximum Gasteiger partial charge on any atom is 0.251 e. The Labute approximate surface area is 157 Å². The Bertz CT molecular complexity index is 928. The van der Waals surface area contributed by atoms with Crippen LogP contribution in [0.25, 0.3) is 0 Å². The summed E-state index contributed by atoms with van der Waals surface area (Å²) >= 11 is 5.84. The van der Waals surface area contributed by atoms with Gasteiger partial charge in [0.15, 0.2) is 9.84 Å². The van der Waals surface area contributed by atoms with Crippen molar-refractivity contribution < 1.29 is 13.2 Å². The minimum Gasteiger partial charge on any atom is -0.385 e. The molecule has 26 heavy (non-hydrogen) atoms. The molecule has 0 aliphatic carbocycles. The van der Waals surface area contributed by atoms with Crippen LogP contribution in [0.3, 0.4) is 0 Å². The zero-order valence-electron chi connectivity index (χ0n) is 13.8. The number of amidine groups is 1. The van der Waals surface area contributed by atoms with Crippen molar-refractivity contribution in [1.82, 2.24) is 5.43 Å². The van der Waals surface area contributed by atoms with E-state index >= 15 is 0 Å². The second-order valence-electron chi connectivity index (χ2n) is 6.19. The van der Waals surface area contributed by atoms with Gasteiger partial charge in [0, 0.05) is 10.9 Å². The molecule has 2 atom stereocenters. The summed E-state index contributed by atoms with van der Waals surface area (Å²) in [6.45, 7) is 0. The van der Waals surface area contributed by atoms with Crippen molar-refractivity contribution in [3.05, 3.63) is 70.7 Å². The minimum absolute atomic E-state index is 0.102. The number of benzene rings is 2. The molecule has 2 aromatic rings. The molecule has 136 valence electrons. The van der Waals surface area contributed by atoms with E-state index in [2.05, 4.69) is 10.5 Å². The fourth-order valence-electron chi connectivity index (χ4n) is 3.03. The second-order valence-corrected chi connectivity index (χ2v) is 8.73. The minimum atomic E-state index is -3.51. The predicted octanol–water partition coefficient (Wildman–Crippen LogP) is 2.06. The molecule has 1 aliphatic rings. The Morgan fingerprint density at radius 2 is 1.77 bits per heavy atom. The zero-order valence-corrected chi connectivity index (χ0v) is 15.4. The molecule has 0 saturated heterocycles. The third-order valence-electron chi connectivity index (χ3n) is 4.26. The van der Waals surface area contributed by atoms with Gasteiger partial charge in [0.1, 0.15) is 11.8 Å². The van der Waals surface area contributed by atoms with E-state index in [0.717, 1.165) is 5.56 Å². The van der Waals surface area contributed by atoms with Gasteiger partial charge in [-0.3, -0.25) is 4.79 Å². The summed E-state index contributed by atoms with van der Waals surface area (Å²) in [5.74, 6) is -2.06. The number of rotatable bonds is 6. The summed E-state index contributed by atoms with van der Waals surface area (Å²) in [6.07, 6.45) is 0. The van der Waals surface area contributed by atoms with Crippen LogP contribution in [-0.4, -0.2) is 25.9 Å². The molecule has 2 aromatic carbocycles. The topological polar surface area (TPSA) is 102 Å². The molecule has 0 bridgehead atoms. The molecule has 6 nitrogen and oxygen atoms in total. The van der Waals surface area contributed by atoms with E-state index in [1.807, 2.05) is 6.07 Å². The molecule has 2 unspecified atom stereocenters. The molecule has 0 saturated carbocycles. The standard InChI is InChI=1S/C18H18ClN3O3S/c19-14-8-6-12(7-9-14)10-26(24,25)11-15(13-4-2-1-3-5-13)16-17(20)21-22-18(16)23/h1-9,15-16H,10-11H2,(H2,20,21)(H,22,23). The molecule has 1 amide bonds. The average Bonchev–Trinajstić information content (AvgIpc) is 2.94. The Kier molecular flexibility index (Phi) is 5.29. The number of hydrazone groups is 1. The zero-order chi connectivity index (χ0) is 18.7. The first-order valence-corrected chi connectivity index (χ1v) is 10.2. The van der Waals surface area contributed by atoms with Gasteiger partial charge in [0.05, 0.1) is 11.5 Å². The van der Waals surface area contributed by atoms with Crippen molar-refractivity contribution in [3.63, 3.8) is 0 Å². The highest BCUT2D eigenvalue weighted by Gasteiger charge is 2.39. The van der Waals surface area contributed by atoms with Gasteiger partial charge in [-0.15, -0.1) is 0 Å². The van der Waals surface area contributed by atoms with Crippen molar-refractivity contribution in [3.8, 4) is 0 Å². The highest BCUT2D eigenvalue weighted by atomic mass is 35.5. The summed E-state index contributed by atoms with van der Waals surface area (Å²) in [7, 11) is -3.51. The molecular formula is C18H18ClN3O3S. The quantitative estimate of drug-likeness (QED) is 0.786. The van der Waals surface area contributed by atoms with Crippen LogP contribution in [0.4, 0.5) is 0 Å². The van der Waals surface area contributed by atoms with Gasteiger partial charge < -0.3 is 5.73 Å². The SMILES string of the molecule is NC1=NNC(=O)C1C(CS(=O)(=O)Cc1ccc(Cl)cc1)c1ccccc1. The van der Waals surface area contributed by atoms with Crippen LogP contribution in [0.5, 0.6) is 0 Å². The van der Waals surface area contributed by atoms with Gasteiger partial charge in [-0.25, -0.2) is 13.8 Å². The molecule has 0 radical (unpaired) electrons. The lowest BCUT2D eigenvalue weighted by Gasteiger charge is -2.22. The summed E-state index contributed by atoms with van der Waals surface area (Å²) < 4.78 is 25.6. The number of halogens is 1. The fraction of sp³-hybridized carbons (Fsp3) is 0.222. The first-order chi connectivity index (χ1) is 12.4. The molecule has 3 N–H and O–H groups in total. The van der Waals surface area contributed by atoms with Crippen LogP contribution in [0.15, 0.2) is 59.7 Å². The largest absolute Gasteiger partial charge is 0.385 e. The molecule has 8 heteroatoms. The average molecular weight is 392 g/mol. The van der Waals surface area contributed by atoms with Crippen LogP contribution >= 0.6 is 11.6 Å². The maximum absolute atomic E-state index is 12.8. The number of carbonyl (C=O) groups is 1. The Morgan fingerprint density at radius 1 is 1.12 bits per heavy atom. The number of carbonyl (C=O) groups excluding carboxylic acids is 1. The molecule has 1 aliphatic heterocycles. The van der Waals surface area contributed by atoms with Gasteiger partial charge in [0.25, 0.3) is 5.91 Å². The van der Waals surface area contributed by atoms with Crippen LogP contribution in [-0.2, 0) is 20.4 Å². The van der Waals surface area contributed by atoms with E-state index in [4.69, 9.17) is 17.3 Å². The van der Waals surface area contributed by atoms with Crippen LogP contribution < -0.4 is 11.2 Å². The lowest BCUT2D eigenvalue weighted by atomic mass is 9.86. The number of nitrogens with two attached hydrogens (primary N) is 1. The van der Waals surface area contributed by atoms with Crippen molar-refractivity contribution >= 4 is 33.2 Å². The lowest BCUT2D eigenvalue weighted by molar-refractivity contribution is -0.122. The Morgan fingerprint density at radius 3 is 2.35 bits per heavy atom. The highest BCUT2D eigenvalue weighted by Crippen LogP contribution is 2.30. The fourth-order valence-corrected chi connectivity index (χ4v) is 4.91. The Balaban J connectivity index is 1.89. The smallest absolute Gasteiger partial charge is 0.251 e. The van der Waals surface area contributed by atoms with Crippen LogP contribution in [0.1, 0.15) is 17.0 Å². The molecule has 0 fully saturated rings. The lowest BCUT2D eigenvalue weighted by Crippen LogP contribution is -2.36. The first kappa shape index (κ1) is 18.4. The maximum atomic E-state index is 12.8. The van der Waals surface area contributed by atoms with Crippen molar-refractivity contribution in [1.29, 1.82) is 0 Å². The normalized spacial score (nSPS) is 18.3. The van der Waals surface area contributed by atoms with Crippen molar-refractivity contribution in [2.24, 2.45) is 16.8 Å².